The number of rotatable bonds is 5. The number of pyridine rings is 1. The maximum absolute atomic E-state index is 5.48. The zero-order valence-corrected chi connectivity index (χ0v) is 15.9. The van der Waals surface area contributed by atoms with Crippen LogP contribution in [0.15, 0.2) is 35.0 Å². The fraction of sp³-hybridized carbons (Fsp3) is 0.400. The van der Waals surface area contributed by atoms with Gasteiger partial charge in [0.25, 0.3) is 0 Å². The Morgan fingerprint density at radius 3 is 2.44 bits per heavy atom. The van der Waals surface area contributed by atoms with Gasteiger partial charge in [0.15, 0.2) is 17.3 Å². The molecule has 1 fully saturated rings. The highest BCUT2D eigenvalue weighted by atomic mass is 16.5. The second kappa shape index (κ2) is 7.44. The molecule has 0 aliphatic carbocycles. The lowest BCUT2D eigenvalue weighted by Crippen LogP contribution is -2.46. The summed E-state index contributed by atoms with van der Waals surface area (Å²) < 4.78 is 16.2. The minimum Gasteiger partial charge on any atom is -0.493 e. The minimum atomic E-state index is 0.721. The Morgan fingerprint density at radius 1 is 1.04 bits per heavy atom. The molecule has 2 aromatic heterocycles. The molecular formula is C20H24N4O3. The Hall–Kier alpha value is -2.80. The summed E-state index contributed by atoms with van der Waals surface area (Å²) in [4.78, 5) is 9.37. The third-order valence-corrected chi connectivity index (χ3v) is 4.98. The molecule has 1 aromatic carbocycles. The summed E-state index contributed by atoms with van der Waals surface area (Å²) in [5.74, 6) is 3.36. The number of hydrogen-bond donors (Lipinski definition) is 0. The number of anilines is 1. The van der Waals surface area contributed by atoms with Crippen LogP contribution in [0, 0.1) is 6.92 Å². The number of methoxy groups -OCH3 is 2. The van der Waals surface area contributed by atoms with Crippen molar-refractivity contribution >= 4 is 16.6 Å². The predicted molar refractivity (Wildman–Crippen MR) is 104 cm³/mol. The summed E-state index contributed by atoms with van der Waals surface area (Å²) in [6.45, 7) is 6.46. The monoisotopic (exact) mass is 368 g/mol. The first-order valence-corrected chi connectivity index (χ1v) is 9.08. The highest BCUT2D eigenvalue weighted by Crippen LogP contribution is 2.35. The van der Waals surface area contributed by atoms with E-state index in [1.165, 1.54) is 0 Å². The molecule has 0 bridgehead atoms. The molecule has 142 valence electrons. The molecule has 0 unspecified atom stereocenters. The quantitative estimate of drug-likeness (QED) is 0.686. The second-order valence-electron chi connectivity index (χ2n) is 6.76. The van der Waals surface area contributed by atoms with Crippen LogP contribution in [0.1, 0.15) is 11.5 Å². The third kappa shape index (κ3) is 3.55. The molecule has 0 atom stereocenters. The summed E-state index contributed by atoms with van der Waals surface area (Å²) in [5, 5.41) is 6.14. The molecule has 7 nitrogen and oxygen atoms in total. The van der Waals surface area contributed by atoms with Crippen molar-refractivity contribution in [1.82, 2.24) is 15.0 Å². The smallest absolute Gasteiger partial charge is 0.161 e. The molecule has 1 saturated heterocycles. The van der Waals surface area contributed by atoms with E-state index in [9.17, 15) is 0 Å². The summed E-state index contributed by atoms with van der Waals surface area (Å²) in [6, 6.07) is 8.02. The molecule has 4 rings (SSSR count). The van der Waals surface area contributed by atoms with Crippen LogP contribution in [0.2, 0.25) is 0 Å². The average Bonchev–Trinajstić information content (AvgIpc) is 3.11. The van der Waals surface area contributed by atoms with Gasteiger partial charge < -0.3 is 18.9 Å². The van der Waals surface area contributed by atoms with Crippen molar-refractivity contribution in [2.24, 2.45) is 0 Å². The van der Waals surface area contributed by atoms with Crippen molar-refractivity contribution in [2.75, 3.05) is 45.3 Å². The van der Waals surface area contributed by atoms with E-state index in [-0.39, 0.29) is 0 Å². The number of hydrogen-bond acceptors (Lipinski definition) is 7. The molecule has 0 spiro atoms. The lowest BCUT2D eigenvalue weighted by molar-refractivity contribution is 0.219. The van der Waals surface area contributed by atoms with Gasteiger partial charge >= 0.3 is 0 Å². The van der Waals surface area contributed by atoms with Gasteiger partial charge in [-0.3, -0.25) is 4.90 Å². The van der Waals surface area contributed by atoms with E-state index in [2.05, 4.69) is 19.9 Å². The predicted octanol–water partition coefficient (Wildman–Crippen LogP) is 2.87. The topological polar surface area (TPSA) is 63.9 Å². The second-order valence-corrected chi connectivity index (χ2v) is 6.76. The van der Waals surface area contributed by atoms with Crippen molar-refractivity contribution < 1.29 is 14.0 Å². The standard InChI is InChI=1S/C20H24N4O3/c1-14-10-16(27-22-14)13-23-6-8-24(9-7-23)20-17-12-19(26-3)18(25-2)11-15(17)4-5-21-20/h4-5,10-12H,6-9,13H2,1-3H3. The minimum absolute atomic E-state index is 0.721. The van der Waals surface area contributed by atoms with E-state index >= 15 is 0 Å². The van der Waals surface area contributed by atoms with Crippen LogP contribution in [0.4, 0.5) is 5.82 Å². The van der Waals surface area contributed by atoms with Crippen LogP contribution in [-0.2, 0) is 6.54 Å². The van der Waals surface area contributed by atoms with E-state index < -0.39 is 0 Å². The van der Waals surface area contributed by atoms with E-state index in [0.29, 0.717) is 0 Å². The Labute approximate surface area is 158 Å². The van der Waals surface area contributed by atoms with Gasteiger partial charge in [-0.1, -0.05) is 5.16 Å². The number of aromatic nitrogens is 2. The third-order valence-electron chi connectivity index (χ3n) is 4.98. The maximum atomic E-state index is 5.48. The summed E-state index contributed by atoms with van der Waals surface area (Å²) in [6.07, 6.45) is 1.85. The first-order valence-electron chi connectivity index (χ1n) is 9.08. The van der Waals surface area contributed by atoms with Crippen molar-refractivity contribution in [1.29, 1.82) is 0 Å². The first-order chi connectivity index (χ1) is 13.2. The van der Waals surface area contributed by atoms with Gasteiger partial charge in [0, 0.05) is 43.8 Å². The fourth-order valence-electron chi connectivity index (χ4n) is 3.56. The van der Waals surface area contributed by atoms with Gasteiger partial charge in [0.05, 0.1) is 26.5 Å². The zero-order valence-electron chi connectivity index (χ0n) is 15.9. The lowest BCUT2D eigenvalue weighted by Gasteiger charge is -2.35. The summed E-state index contributed by atoms with van der Waals surface area (Å²) in [7, 11) is 3.31. The molecule has 0 amide bonds. The van der Waals surface area contributed by atoms with Crippen LogP contribution < -0.4 is 14.4 Å². The Morgan fingerprint density at radius 2 is 1.78 bits per heavy atom. The number of aryl methyl sites for hydroxylation is 1. The van der Waals surface area contributed by atoms with E-state index in [4.69, 9.17) is 14.0 Å². The van der Waals surface area contributed by atoms with Crippen molar-refractivity contribution in [3.05, 3.63) is 41.9 Å². The van der Waals surface area contributed by atoms with Crippen LogP contribution in [0.3, 0.4) is 0 Å². The number of nitrogens with zero attached hydrogens (tertiary/aromatic N) is 4. The Kier molecular flexibility index (Phi) is 4.85. The average molecular weight is 368 g/mol. The maximum Gasteiger partial charge on any atom is 0.161 e. The zero-order chi connectivity index (χ0) is 18.8. The molecule has 0 N–H and O–H groups in total. The molecule has 0 radical (unpaired) electrons. The first kappa shape index (κ1) is 17.6. The SMILES string of the molecule is COc1cc2ccnc(N3CCN(Cc4cc(C)no4)CC3)c2cc1OC. The molecule has 3 aromatic rings. The number of benzene rings is 1. The Balaban J connectivity index is 1.53. The van der Waals surface area contributed by atoms with Gasteiger partial charge in [-0.05, 0) is 30.5 Å². The molecular weight excluding hydrogens is 344 g/mol. The van der Waals surface area contributed by atoms with Gasteiger partial charge in [-0.25, -0.2) is 4.98 Å². The van der Waals surface area contributed by atoms with E-state index in [1.54, 1.807) is 14.2 Å². The molecule has 1 aliphatic rings. The number of fused-ring (bicyclic) bond motifs is 1. The van der Waals surface area contributed by atoms with Crippen LogP contribution in [0.25, 0.3) is 10.8 Å². The van der Waals surface area contributed by atoms with Crippen LogP contribution >= 0.6 is 0 Å². The highest BCUT2D eigenvalue weighted by Gasteiger charge is 2.21. The normalized spacial score (nSPS) is 15.3. The Bertz CT molecular complexity index is 932. The van der Waals surface area contributed by atoms with E-state index in [0.717, 1.165) is 72.3 Å². The highest BCUT2D eigenvalue weighted by molar-refractivity contribution is 5.94. The number of ether oxygens (including phenoxy) is 2. The molecule has 1 aliphatic heterocycles. The van der Waals surface area contributed by atoms with Gasteiger partial charge in [-0.15, -0.1) is 0 Å². The van der Waals surface area contributed by atoms with Gasteiger partial charge in [-0.2, -0.15) is 0 Å². The molecule has 0 saturated carbocycles. The molecule has 3 heterocycles. The van der Waals surface area contributed by atoms with Gasteiger partial charge in [0.2, 0.25) is 0 Å². The largest absolute Gasteiger partial charge is 0.493 e. The van der Waals surface area contributed by atoms with Crippen molar-refractivity contribution in [3.8, 4) is 11.5 Å². The molecule has 27 heavy (non-hydrogen) atoms. The van der Waals surface area contributed by atoms with E-state index in [1.807, 2.05) is 37.4 Å². The summed E-state index contributed by atoms with van der Waals surface area (Å²) >= 11 is 0. The van der Waals surface area contributed by atoms with Crippen molar-refractivity contribution in [3.63, 3.8) is 0 Å². The molecule has 7 heteroatoms. The summed E-state index contributed by atoms with van der Waals surface area (Å²) in [5.41, 5.74) is 0.924. The van der Waals surface area contributed by atoms with Crippen LogP contribution in [-0.4, -0.2) is 55.4 Å². The number of piperazine rings is 1. The lowest BCUT2D eigenvalue weighted by atomic mass is 10.1. The van der Waals surface area contributed by atoms with Crippen molar-refractivity contribution in [2.45, 2.75) is 13.5 Å². The fourth-order valence-corrected chi connectivity index (χ4v) is 3.56. The van der Waals surface area contributed by atoms with Gasteiger partial charge in [0.1, 0.15) is 5.82 Å². The van der Waals surface area contributed by atoms with Crippen LogP contribution in [0.5, 0.6) is 11.5 Å².